The van der Waals surface area contributed by atoms with E-state index in [0.29, 0.717) is 16.6 Å². The third-order valence-corrected chi connectivity index (χ3v) is 2.27. The van der Waals surface area contributed by atoms with Crippen LogP contribution in [0.1, 0.15) is 10.5 Å². The van der Waals surface area contributed by atoms with E-state index in [2.05, 4.69) is 11.6 Å². The summed E-state index contributed by atoms with van der Waals surface area (Å²) >= 11 is 0. The molecule has 5 heteroatoms. The zero-order valence-corrected chi connectivity index (χ0v) is 8.27. The molecule has 0 amide bonds. The molecule has 0 bridgehead atoms. The van der Waals surface area contributed by atoms with Crippen molar-refractivity contribution in [2.45, 2.75) is 0 Å². The van der Waals surface area contributed by atoms with Gasteiger partial charge in [-0.3, -0.25) is 14.9 Å². The lowest BCUT2D eigenvalue weighted by molar-refractivity contribution is -0.384. The minimum absolute atomic E-state index is 0.00380. The summed E-state index contributed by atoms with van der Waals surface area (Å²) in [6, 6.07) is 5.96. The summed E-state index contributed by atoms with van der Waals surface area (Å²) in [5, 5.41) is 11.2. The summed E-state index contributed by atoms with van der Waals surface area (Å²) in [5.41, 5.74) is 1.07. The van der Waals surface area contributed by atoms with Crippen molar-refractivity contribution in [1.82, 2.24) is 4.98 Å². The Labute approximate surface area is 90.5 Å². The summed E-state index contributed by atoms with van der Waals surface area (Å²) < 4.78 is 0. The largest absolute Gasteiger partial charge is 0.352 e. The third-order valence-electron chi connectivity index (χ3n) is 2.27. The van der Waals surface area contributed by atoms with E-state index in [0.717, 1.165) is 0 Å². The number of fused-ring (bicyclic) bond motifs is 1. The average Bonchev–Trinajstić information content (AvgIpc) is 2.70. The summed E-state index contributed by atoms with van der Waals surface area (Å²) in [6.07, 6.45) is 1.19. The first-order chi connectivity index (χ1) is 7.61. The lowest BCUT2D eigenvalue weighted by Gasteiger charge is -1.90. The second-order valence-corrected chi connectivity index (χ2v) is 3.28. The lowest BCUT2D eigenvalue weighted by atomic mass is 10.2. The first kappa shape index (κ1) is 10.1. The van der Waals surface area contributed by atoms with Gasteiger partial charge in [0.2, 0.25) is 5.78 Å². The Kier molecular flexibility index (Phi) is 2.28. The van der Waals surface area contributed by atoms with Crippen molar-refractivity contribution >= 4 is 22.4 Å². The fraction of sp³-hybridized carbons (Fsp3) is 0. The Morgan fingerprint density at radius 2 is 2.19 bits per heavy atom. The molecule has 0 aliphatic rings. The van der Waals surface area contributed by atoms with Gasteiger partial charge in [-0.15, -0.1) is 0 Å². The van der Waals surface area contributed by atoms with Gasteiger partial charge in [-0.1, -0.05) is 6.58 Å². The number of rotatable bonds is 3. The second kappa shape index (κ2) is 3.62. The molecule has 80 valence electrons. The van der Waals surface area contributed by atoms with Crippen LogP contribution < -0.4 is 0 Å². The molecule has 0 radical (unpaired) electrons. The second-order valence-electron chi connectivity index (χ2n) is 3.28. The minimum Gasteiger partial charge on any atom is -0.352 e. The number of nitrogens with one attached hydrogen (secondary N) is 1. The van der Waals surface area contributed by atoms with Crippen molar-refractivity contribution < 1.29 is 9.72 Å². The van der Waals surface area contributed by atoms with Gasteiger partial charge in [0.15, 0.2) is 0 Å². The fourth-order valence-corrected chi connectivity index (χ4v) is 1.48. The molecule has 16 heavy (non-hydrogen) atoms. The van der Waals surface area contributed by atoms with E-state index in [1.807, 2.05) is 0 Å². The summed E-state index contributed by atoms with van der Waals surface area (Å²) in [4.78, 5) is 24.3. The van der Waals surface area contributed by atoms with Gasteiger partial charge in [0.25, 0.3) is 5.69 Å². The predicted octanol–water partition coefficient (Wildman–Crippen LogP) is 2.44. The number of aromatic amines is 1. The highest BCUT2D eigenvalue weighted by atomic mass is 16.6. The van der Waals surface area contributed by atoms with Crippen LogP contribution in [0, 0.1) is 10.1 Å². The van der Waals surface area contributed by atoms with Crippen LogP contribution in [0.4, 0.5) is 5.69 Å². The van der Waals surface area contributed by atoms with E-state index in [1.165, 1.54) is 18.2 Å². The molecule has 0 aliphatic heterocycles. The molecular weight excluding hydrogens is 208 g/mol. The maximum absolute atomic E-state index is 11.3. The Balaban J connectivity index is 2.58. The van der Waals surface area contributed by atoms with E-state index in [1.54, 1.807) is 12.1 Å². The monoisotopic (exact) mass is 216 g/mol. The van der Waals surface area contributed by atoms with Gasteiger partial charge >= 0.3 is 0 Å². The van der Waals surface area contributed by atoms with E-state index in [4.69, 9.17) is 0 Å². The van der Waals surface area contributed by atoms with Gasteiger partial charge in [-0.25, -0.2) is 0 Å². The Morgan fingerprint density at radius 1 is 1.44 bits per heavy atom. The van der Waals surface area contributed by atoms with Crippen molar-refractivity contribution in [3.8, 4) is 0 Å². The van der Waals surface area contributed by atoms with Gasteiger partial charge in [-0.05, 0) is 18.2 Å². The number of nitro groups is 1. The molecule has 0 fully saturated rings. The normalized spacial score (nSPS) is 10.2. The fourth-order valence-electron chi connectivity index (χ4n) is 1.48. The zero-order valence-electron chi connectivity index (χ0n) is 8.27. The highest BCUT2D eigenvalue weighted by Gasteiger charge is 2.10. The van der Waals surface area contributed by atoms with E-state index in [-0.39, 0.29) is 11.5 Å². The van der Waals surface area contributed by atoms with Crippen LogP contribution in [-0.4, -0.2) is 15.7 Å². The van der Waals surface area contributed by atoms with Gasteiger partial charge < -0.3 is 4.98 Å². The van der Waals surface area contributed by atoms with Crippen molar-refractivity contribution in [3.05, 3.63) is 52.7 Å². The van der Waals surface area contributed by atoms with Crippen molar-refractivity contribution in [2.24, 2.45) is 0 Å². The number of nitro benzene ring substituents is 1. The van der Waals surface area contributed by atoms with E-state index < -0.39 is 4.92 Å². The van der Waals surface area contributed by atoms with Crippen molar-refractivity contribution in [2.75, 3.05) is 0 Å². The number of hydrogen-bond acceptors (Lipinski definition) is 3. The van der Waals surface area contributed by atoms with Crippen LogP contribution in [0.2, 0.25) is 0 Å². The van der Waals surface area contributed by atoms with Crippen LogP contribution in [0.5, 0.6) is 0 Å². The Morgan fingerprint density at radius 3 is 2.81 bits per heavy atom. The number of non-ortho nitro benzene ring substituents is 1. The van der Waals surface area contributed by atoms with Gasteiger partial charge in [-0.2, -0.15) is 0 Å². The quantitative estimate of drug-likeness (QED) is 0.370. The number of carbonyl (C=O) groups is 1. The van der Waals surface area contributed by atoms with Crippen molar-refractivity contribution in [3.63, 3.8) is 0 Å². The van der Waals surface area contributed by atoms with Crippen LogP contribution in [0.25, 0.3) is 10.9 Å². The number of nitrogens with zero attached hydrogens (tertiary/aromatic N) is 1. The number of ketones is 1. The predicted molar refractivity (Wildman–Crippen MR) is 59.5 cm³/mol. The molecule has 0 saturated carbocycles. The summed E-state index contributed by atoms with van der Waals surface area (Å²) in [7, 11) is 0. The molecule has 0 saturated heterocycles. The van der Waals surface area contributed by atoms with Crippen molar-refractivity contribution in [1.29, 1.82) is 0 Å². The van der Waals surface area contributed by atoms with Crippen LogP contribution in [0.15, 0.2) is 36.9 Å². The maximum Gasteiger partial charge on any atom is 0.270 e. The molecule has 0 unspecified atom stereocenters. The number of aromatic nitrogens is 1. The summed E-state index contributed by atoms with van der Waals surface area (Å²) in [5.74, 6) is -0.237. The Bertz CT molecular complexity index is 598. The molecule has 0 atom stereocenters. The van der Waals surface area contributed by atoms with E-state index >= 15 is 0 Å². The topological polar surface area (TPSA) is 76.0 Å². The molecule has 1 aromatic heterocycles. The van der Waals surface area contributed by atoms with Gasteiger partial charge in [0, 0.05) is 23.0 Å². The first-order valence-electron chi connectivity index (χ1n) is 4.56. The van der Waals surface area contributed by atoms with Crippen LogP contribution in [-0.2, 0) is 0 Å². The molecule has 0 aliphatic carbocycles. The molecule has 1 heterocycles. The Hall–Kier alpha value is -2.43. The summed E-state index contributed by atoms with van der Waals surface area (Å²) in [6.45, 7) is 3.38. The number of benzene rings is 1. The SMILES string of the molecule is C=CC(=O)c1cc2cc([N+](=O)[O-])ccc2[nH]1. The number of allylic oxidation sites excluding steroid dienone is 1. The van der Waals surface area contributed by atoms with Gasteiger partial charge in [0.05, 0.1) is 10.6 Å². The number of hydrogen-bond donors (Lipinski definition) is 1. The minimum atomic E-state index is -0.471. The smallest absolute Gasteiger partial charge is 0.270 e. The molecule has 1 N–H and O–H groups in total. The lowest BCUT2D eigenvalue weighted by Crippen LogP contribution is -1.92. The number of H-pyrrole nitrogens is 1. The molecule has 1 aromatic carbocycles. The van der Waals surface area contributed by atoms with Crippen LogP contribution >= 0.6 is 0 Å². The standard InChI is InChI=1S/C11H8N2O3/c1-2-11(14)10-6-7-5-8(13(15)16)3-4-9(7)12-10/h2-6,12H,1H2. The highest BCUT2D eigenvalue weighted by Crippen LogP contribution is 2.21. The highest BCUT2D eigenvalue weighted by molar-refractivity contribution is 6.06. The molecule has 5 nitrogen and oxygen atoms in total. The number of carbonyl (C=O) groups excluding carboxylic acids is 1. The van der Waals surface area contributed by atoms with E-state index in [9.17, 15) is 14.9 Å². The first-order valence-corrected chi connectivity index (χ1v) is 4.56. The molecule has 2 aromatic rings. The molecule has 2 rings (SSSR count). The maximum atomic E-state index is 11.3. The van der Waals surface area contributed by atoms with Crippen LogP contribution in [0.3, 0.4) is 0 Å². The molecule has 0 spiro atoms. The van der Waals surface area contributed by atoms with Gasteiger partial charge in [0.1, 0.15) is 0 Å². The zero-order chi connectivity index (χ0) is 11.7. The molecular formula is C11H8N2O3. The average molecular weight is 216 g/mol. The third kappa shape index (κ3) is 1.58.